The van der Waals surface area contributed by atoms with Crippen molar-refractivity contribution in [1.29, 1.82) is 0 Å². The fraction of sp³-hybridized carbons (Fsp3) is 0.370. The monoisotopic (exact) mass is 715 g/mol. The van der Waals surface area contributed by atoms with Crippen LogP contribution in [-0.4, -0.2) is 0 Å². The van der Waals surface area contributed by atoms with Gasteiger partial charge in [-0.2, -0.15) is 0 Å². The van der Waals surface area contributed by atoms with Crippen molar-refractivity contribution in [3.8, 4) is 22.3 Å². The minimum absolute atomic E-state index is 0. The van der Waals surface area contributed by atoms with Gasteiger partial charge in [-0.05, 0) is 88.4 Å². The summed E-state index contributed by atoms with van der Waals surface area (Å²) in [4.78, 5) is 0. The van der Waals surface area contributed by atoms with Gasteiger partial charge >= 0.3 is 0 Å². The Labute approximate surface area is 329 Å². The predicted octanol–water partition coefficient (Wildman–Crippen LogP) is 16.7. The van der Waals surface area contributed by atoms with Gasteiger partial charge in [-0.25, -0.2) is 0 Å². The molecule has 0 saturated carbocycles. The molecule has 0 aliphatic heterocycles. The SMILES string of the molecule is C.CCCCCCCCC1(CCCCCCCC)c2cc(C)ccc2-c2ccc(-c3ccc(/C=C/c4ccc(/C=C/c5ccc(C)cc5)cc4)cc3)cc21. The van der Waals surface area contributed by atoms with Gasteiger partial charge in [-0.15, -0.1) is 0 Å². The summed E-state index contributed by atoms with van der Waals surface area (Å²) in [7, 11) is 0. The van der Waals surface area contributed by atoms with Crippen LogP contribution in [0.2, 0.25) is 0 Å². The molecule has 5 aromatic rings. The summed E-state index contributed by atoms with van der Waals surface area (Å²) in [6, 6.07) is 41.3. The highest BCUT2D eigenvalue weighted by molar-refractivity contribution is 5.84. The zero-order valence-electron chi connectivity index (χ0n) is 33.1. The minimum atomic E-state index is 0. The van der Waals surface area contributed by atoms with Crippen LogP contribution >= 0.6 is 0 Å². The summed E-state index contributed by atoms with van der Waals surface area (Å²) in [6.45, 7) is 9.04. The number of fused-ring (bicyclic) bond motifs is 3. The Hall–Kier alpha value is -4.42. The molecule has 0 fully saturated rings. The molecule has 282 valence electrons. The van der Waals surface area contributed by atoms with Crippen molar-refractivity contribution in [3.05, 3.63) is 154 Å². The van der Waals surface area contributed by atoms with Crippen LogP contribution < -0.4 is 0 Å². The molecule has 0 heterocycles. The largest absolute Gasteiger partial charge is 0.0776 e. The summed E-state index contributed by atoms with van der Waals surface area (Å²) in [5.74, 6) is 0. The van der Waals surface area contributed by atoms with Crippen LogP contribution in [0.5, 0.6) is 0 Å². The van der Waals surface area contributed by atoms with E-state index in [-0.39, 0.29) is 12.8 Å². The third kappa shape index (κ3) is 10.4. The molecule has 0 heteroatoms. The van der Waals surface area contributed by atoms with E-state index in [1.54, 1.807) is 11.1 Å². The lowest BCUT2D eigenvalue weighted by Gasteiger charge is -2.33. The quantitative estimate of drug-likeness (QED) is 0.0590. The zero-order valence-corrected chi connectivity index (χ0v) is 33.1. The fourth-order valence-electron chi connectivity index (χ4n) is 8.43. The molecule has 0 nitrogen and oxygen atoms in total. The first-order chi connectivity index (χ1) is 26.0. The number of hydrogen-bond donors (Lipinski definition) is 0. The molecule has 0 amide bonds. The Morgan fingerprint density at radius 1 is 0.389 bits per heavy atom. The Morgan fingerprint density at radius 2 is 0.759 bits per heavy atom. The first kappa shape index (κ1) is 40.8. The van der Waals surface area contributed by atoms with Crippen LogP contribution in [0.25, 0.3) is 46.6 Å². The summed E-state index contributed by atoms with van der Waals surface area (Å²) in [5, 5.41) is 0. The van der Waals surface area contributed by atoms with Crippen molar-refractivity contribution in [3.63, 3.8) is 0 Å². The van der Waals surface area contributed by atoms with Crippen molar-refractivity contribution >= 4 is 24.3 Å². The average molecular weight is 715 g/mol. The number of hydrogen-bond acceptors (Lipinski definition) is 0. The lowest BCUT2D eigenvalue weighted by atomic mass is 9.70. The molecule has 6 rings (SSSR count). The van der Waals surface area contributed by atoms with E-state index in [1.165, 1.54) is 146 Å². The van der Waals surface area contributed by atoms with E-state index >= 15 is 0 Å². The van der Waals surface area contributed by atoms with Gasteiger partial charge in [-0.1, -0.05) is 237 Å². The third-order valence-corrected chi connectivity index (χ3v) is 11.6. The topological polar surface area (TPSA) is 0 Å². The fourth-order valence-corrected chi connectivity index (χ4v) is 8.43. The lowest BCUT2D eigenvalue weighted by molar-refractivity contribution is 0.398. The second kappa shape index (κ2) is 20.3. The molecule has 0 spiro atoms. The average Bonchev–Trinajstić information content (AvgIpc) is 3.45. The summed E-state index contributed by atoms with van der Waals surface area (Å²) < 4.78 is 0. The minimum Gasteiger partial charge on any atom is -0.0776 e. The maximum absolute atomic E-state index is 2.58. The summed E-state index contributed by atoms with van der Waals surface area (Å²) >= 11 is 0. The van der Waals surface area contributed by atoms with Gasteiger partial charge in [0.15, 0.2) is 0 Å². The molecule has 0 unspecified atom stereocenters. The standard InChI is InChI=1S/C53H62.CH4/c1-5-7-9-11-13-15-37-53(38-16-14-12-10-8-6-2)51-39-42(4)19-35-49(51)50-36-34-48(40-52(50)53)47-32-30-46(31-33-47)29-28-45-26-24-44(25-27-45)23-22-43-20-17-41(3)18-21-43;/h17-36,39-40H,5-16,37-38H2,1-4H3;1H4/b23-22+,29-28+;. The van der Waals surface area contributed by atoms with Gasteiger partial charge in [0.1, 0.15) is 0 Å². The van der Waals surface area contributed by atoms with Gasteiger partial charge < -0.3 is 0 Å². The molecule has 0 aromatic heterocycles. The lowest BCUT2D eigenvalue weighted by Crippen LogP contribution is -2.25. The molecule has 0 saturated heterocycles. The zero-order chi connectivity index (χ0) is 36.9. The number of rotatable bonds is 19. The molecule has 0 N–H and O–H groups in total. The molecule has 5 aromatic carbocycles. The van der Waals surface area contributed by atoms with E-state index in [9.17, 15) is 0 Å². The second-order valence-corrected chi connectivity index (χ2v) is 15.8. The van der Waals surface area contributed by atoms with Gasteiger partial charge in [0, 0.05) is 5.41 Å². The third-order valence-electron chi connectivity index (χ3n) is 11.6. The highest BCUT2D eigenvalue weighted by Crippen LogP contribution is 2.55. The molecule has 0 radical (unpaired) electrons. The summed E-state index contributed by atoms with van der Waals surface area (Å²) in [6.07, 6.45) is 27.5. The maximum Gasteiger partial charge on any atom is 0.0215 e. The van der Waals surface area contributed by atoms with Crippen molar-refractivity contribution in [2.24, 2.45) is 0 Å². The Kier molecular flexibility index (Phi) is 15.3. The predicted molar refractivity (Wildman–Crippen MR) is 241 cm³/mol. The van der Waals surface area contributed by atoms with E-state index in [1.807, 2.05) is 0 Å². The van der Waals surface area contributed by atoms with Crippen LogP contribution in [0.4, 0.5) is 0 Å². The van der Waals surface area contributed by atoms with E-state index in [2.05, 4.69) is 161 Å². The van der Waals surface area contributed by atoms with Crippen LogP contribution in [0, 0.1) is 13.8 Å². The van der Waals surface area contributed by atoms with Crippen LogP contribution in [0.15, 0.2) is 109 Å². The number of aryl methyl sites for hydroxylation is 2. The highest BCUT2D eigenvalue weighted by Gasteiger charge is 2.42. The Balaban J connectivity index is 0.00000561. The Bertz CT molecular complexity index is 1920. The van der Waals surface area contributed by atoms with Crippen molar-refractivity contribution in [2.75, 3.05) is 0 Å². The Morgan fingerprint density at radius 3 is 1.26 bits per heavy atom. The van der Waals surface area contributed by atoms with Crippen molar-refractivity contribution in [1.82, 2.24) is 0 Å². The molecule has 0 atom stereocenters. The van der Waals surface area contributed by atoms with Gasteiger partial charge in [-0.3, -0.25) is 0 Å². The highest BCUT2D eigenvalue weighted by atomic mass is 14.4. The van der Waals surface area contributed by atoms with Gasteiger partial charge in [0.2, 0.25) is 0 Å². The molecule has 1 aliphatic rings. The van der Waals surface area contributed by atoms with Crippen LogP contribution in [-0.2, 0) is 5.41 Å². The van der Waals surface area contributed by atoms with Crippen molar-refractivity contribution < 1.29 is 0 Å². The van der Waals surface area contributed by atoms with E-state index in [4.69, 9.17) is 0 Å². The van der Waals surface area contributed by atoms with Gasteiger partial charge in [0.25, 0.3) is 0 Å². The van der Waals surface area contributed by atoms with Gasteiger partial charge in [0.05, 0.1) is 0 Å². The molecule has 0 bridgehead atoms. The molecular weight excluding hydrogens is 649 g/mol. The summed E-state index contributed by atoms with van der Waals surface area (Å²) in [5.41, 5.74) is 16.4. The van der Waals surface area contributed by atoms with E-state index in [0.29, 0.717) is 0 Å². The first-order valence-corrected chi connectivity index (χ1v) is 20.9. The van der Waals surface area contributed by atoms with Crippen LogP contribution in [0.1, 0.15) is 156 Å². The second-order valence-electron chi connectivity index (χ2n) is 15.8. The maximum atomic E-state index is 2.58. The van der Waals surface area contributed by atoms with E-state index < -0.39 is 0 Å². The molecule has 54 heavy (non-hydrogen) atoms. The smallest absolute Gasteiger partial charge is 0.0215 e. The molecular formula is C54H66. The van der Waals surface area contributed by atoms with Crippen molar-refractivity contribution in [2.45, 2.75) is 130 Å². The molecule has 1 aliphatic carbocycles. The van der Waals surface area contributed by atoms with E-state index in [0.717, 1.165) is 0 Å². The number of benzene rings is 5. The normalized spacial score (nSPS) is 13.0. The van der Waals surface area contributed by atoms with Crippen LogP contribution in [0.3, 0.4) is 0 Å². The first-order valence-electron chi connectivity index (χ1n) is 20.9. The number of unbranched alkanes of at least 4 members (excludes halogenated alkanes) is 10.